The van der Waals surface area contributed by atoms with Crippen LogP contribution < -0.4 is 5.32 Å². The van der Waals surface area contributed by atoms with E-state index in [4.69, 9.17) is 4.74 Å². The summed E-state index contributed by atoms with van der Waals surface area (Å²) in [6.45, 7) is 4.12. The van der Waals surface area contributed by atoms with Crippen LogP contribution in [0.15, 0.2) is 29.2 Å². The van der Waals surface area contributed by atoms with Crippen LogP contribution in [-0.2, 0) is 4.74 Å². The summed E-state index contributed by atoms with van der Waals surface area (Å²) in [7, 11) is 1.77. The van der Waals surface area contributed by atoms with Crippen LogP contribution in [0.3, 0.4) is 0 Å². The summed E-state index contributed by atoms with van der Waals surface area (Å²) in [6, 6.07) is 9.35. The fraction of sp³-hybridized carbons (Fsp3) is 0.600. The zero-order valence-corrected chi connectivity index (χ0v) is 12.6. The fourth-order valence-electron chi connectivity index (χ4n) is 1.97. The smallest absolute Gasteiger partial charge is 0.0462 e. The first-order valence-corrected chi connectivity index (χ1v) is 7.90. The van der Waals surface area contributed by atoms with Gasteiger partial charge in [0.15, 0.2) is 0 Å². The molecule has 0 heterocycles. The Morgan fingerprint density at radius 2 is 2.00 bits per heavy atom. The summed E-state index contributed by atoms with van der Waals surface area (Å²) in [4.78, 5) is 1.32. The normalized spacial score (nSPS) is 12.6. The first-order valence-electron chi connectivity index (χ1n) is 6.68. The van der Waals surface area contributed by atoms with Crippen LogP contribution in [0.25, 0.3) is 0 Å². The molecule has 0 aliphatic carbocycles. The van der Waals surface area contributed by atoms with Crippen LogP contribution >= 0.6 is 11.8 Å². The van der Waals surface area contributed by atoms with Crippen molar-refractivity contribution in [3.05, 3.63) is 29.8 Å². The van der Waals surface area contributed by atoms with Crippen molar-refractivity contribution in [2.75, 3.05) is 26.5 Å². The van der Waals surface area contributed by atoms with Gasteiger partial charge in [0, 0.05) is 24.7 Å². The number of rotatable bonds is 9. The topological polar surface area (TPSA) is 21.3 Å². The van der Waals surface area contributed by atoms with Gasteiger partial charge in [0.2, 0.25) is 0 Å². The second kappa shape index (κ2) is 9.42. The van der Waals surface area contributed by atoms with E-state index in [1.807, 2.05) is 0 Å². The summed E-state index contributed by atoms with van der Waals surface area (Å²) in [6.07, 6.45) is 5.51. The molecule has 0 bridgehead atoms. The largest absolute Gasteiger partial charge is 0.385 e. The molecule has 0 amide bonds. The van der Waals surface area contributed by atoms with Gasteiger partial charge in [0.05, 0.1) is 0 Å². The van der Waals surface area contributed by atoms with Crippen molar-refractivity contribution < 1.29 is 4.74 Å². The Balaban J connectivity index is 2.60. The van der Waals surface area contributed by atoms with Gasteiger partial charge in [-0.2, -0.15) is 0 Å². The summed E-state index contributed by atoms with van der Waals surface area (Å²) in [5, 5.41) is 3.62. The van der Waals surface area contributed by atoms with Gasteiger partial charge in [-0.15, -0.1) is 11.8 Å². The average Bonchev–Trinajstić information content (AvgIpc) is 2.43. The van der Waals surface area contributed by atoms with Crippen molar-refractivity contribution in [1.29, 1.82) is 0 Å². The molecule has 0 radical (unpaired) electrons. The predicted octanol–water partition coefficient (Wildman–Crippen LogP) is 3.88. The fourth-order valence-corrected chi connectivity index (χ4v) is 2.38. The Labute approximate surface area is 116 Å². The molecule has 1 aromatic carbocycles. The predicted molar refractivity (Wildman–Crippen MR) is 80.4 cm³/mol. The molecule has 0 fully saturated rings. The molecule has 18 heavy (non-hydrogen) atoms. The second-order valence-electron chi connectivity index (χ2n) is 4.41. The molecule has 0 aromatic heterocycles. The van der Waals surface area contributed by atoms with Crippen molar-refractivity contribution in [3.8, 4) is 0 Å². The lowest BCUT2D eigenvalue weighted by molar-refractivity contribution is 0.188. The van der Waals surface area contributed by atoms with Gasteiger partial charge in [0.25, 0.3) is 0 Å². The molecule has 0 aliphatic heterocycles. The summed E-state index contributed by atoms with van der Waals surface area (Å²) < 4.78 is 5.14. The molecule has 1 rings (SSSR count). The molecule has 1 unspecified atom stereocenters. The minimum absolute atomic E-state index is 0.455. The highest BCUT2D eigenvalue weighted by Gasteiger charge is 2.10. The maximum absolute atomic E-state index is 5.14. The van der Waals surface area contributed by atoms with Gasteiger partial charge in [-0.25, -0.2) is 0 Å². The van der Waals surface area contributed by atoms with Gasteiger partial charge in [0.1, 0.15) is 0 Å². The zero-order valence-electron chi connectivity index (χ0n) is 11.7. The summed E-state index contributed by atoms with van der Waals surface area (Å²) >= 11 is 1.79. The molecule has 0 saturated carbocycles. The number of methoxy groups -OCH3 is 1. The lowest BCUT2D eigenvalue weighted by Gasteiger charge is -2.19. The lowest BCUT2D eigenvalue weighted by Crippen LogP contribution is -2.22. The Bertz CT molecular complexity index is 313. The molecule has 1 aromatic rings. The number of hydrogen-bond donors (Lipinski definition) is 1. The van der Waals surface area contributed by atoms with E-state index in [0.717, 1.165) is 26.0 Å². The SMILES string of the molecule is CCCNC(CCCOC)c1ccc(SC)cc1. The van der Waals surface area contributed by atoms with Crippen molar-refractivity contribution >= 4 is 11.8 Å². The number of benzene rings is 1. The molecular weight excluding hydrogens is 242 g/mol. The molecule has 102 valence electrons. The monoisotopic (exact) mass is 267 g/mol. The first kappa shape index (κ1) is 15.5. The van der Waals surface area contributed by atoms with Gasteiger partial charge in [-0.3, -0.25) is 0 Å². The number of hydrogen-bond acceptors (Lipinski definition) is 3. The van der Waals surface area contributed by atoms with Gasteiger partial charge in [-0.1, -0.05) is 19.1 Å². The van der Waals surface area contributed by atoms with E-state index in [2.05, 4.69) is 42.8 Å². The minimum Gasteiger partial charge on any atom is -0.385 e. The molecular formula is C15H25NOS. The Morgan fingerprint density at radius 3 is 2.56 bits per heavy atom. The first-order chi connectivity index (χ1) is 8.81. The van der Waals surface area contributed by atoms with E-state index in [-0.39, 0.29) is 0 Å². The molecule has 0 aliphatic rings. The summed E-state index contributed by atoms with van der Waals surface area (Å²) in [5.41, 5.74) is 1.39. The van der Waals surface area contributed by atoms with Crippen molar-refractivity contribution in [2.45, 2.75) is 37.1 Å². The van der Waals surface area contributed by atoms with E-state index in [1.54, 1.807) is 18.9 Å². The van der Waals surface area contributed by atoms with Crippen LogP contribution in [0, 0.1) is 0 Å². The third-order valence-corrected chi connectivity index (χ3v) is 3.74. The Hall–Kier alpha value is -0.510. The third kappa shape index (κ3) is 5.42. The maximum atomic E-state index is 5.14. The van der Waals surface area contributed by atoms with Crippen molar-refractivity contribution in [1.82, 2.24) is 5.32 Å². The van der Waals surface area contributed by atoms with E-state index >= 15 is 0 Å². The highest BCUT2D eigenvalue weighted by atomic mass is 32.2. The number of ether oxygens (including phenoxy) is 1. The Kier molecular flexibility index (Phi) is 8.14. The number of nitrogens with one attached hydrogen (secondary N) is 1. The average molecular weight is 267 g/mol. The van der Waals surface area contributed by atoms with Crippen LogP contribution in [0.2, 0.25) is 0 Å². The summed E-state index contributed by atoms with van der Waals surface area (Å²) in [5.74, 6) is 0. The quantitative estimate of drug-likeness (QED) is 0.542. The van der Waals surface area contributed by atoms with Crippen LogP contribution in [-0.4, -0.2) is 26.5 Å². The van der Waals surface area contributed by atoms with E-state index in [0.29, 0.717) is 6.04 Å². The minimum atomic E-state index is 0.455. The van der Waals surface area contributed by atoms with Crippen LogP contribution in [0.1, 0.15) is 37.8 Å². The van der Waals surface area contributed by atoms with E-state index < -0.39 is 0 Å². The molecule has 0 spiro atoms. The highest BCUT2D eigenvalue weighted by Crippen LogP contribution is 2.22. The van der Waals surface area contributed by atoms with Gasteiger partial charge >= 0.3 is 0 Å². The van der Waals surface area contributed by atoms with Crippen LogP contribution in [0.4, 0.5) is 0 Å². The molecule has 0 saturated heterocycles. The standard InChI is InChI=1S/C15H25NOS/c1-4-11-16-15(6-5-12-17-2)13-7-9-14(18-3)10-8-13/h7-10,15-16H,4-6,11-12H2,1-3H3. The van der Waals surface area contributed by atoms with E-state index in [1.165, 1.54) is 16.9 Å². The van der Waals surface area contributed by atoms with Crippen LogP contribution in [0.5, 0.6) is 0 Å². The number of thioether (sulfide) groups is 1. The zero-order chi connectivity index (χ0) is 13.2. The molecule has 1 N–H and O–H groups in total. The van der Waals surface area contributed by atoms with Crippen molar-refractivity contribution in [3.63, 3.8) is 0 Å². The Morgan fingerprint density at radius 1 is 1.28 bits per heavy atom. The maximum Gasteiger partial charge on any atom is 0.0462 e. The second-order valence-corrected chi connectivity index (χ2v) is 5.29. The highest BCUT2D eigenvalue weighted by molar-refractivity contribution is 7.98. The third-order valence-electron chi connectivity index (χ3n) is 3.00. The molecule has 3 heteroatoms. The molecule has 1 atom stereocenters. The van der Waals surface area contributed by atoms with Crippen molar-refractivity contribution in [2.24, 2.45) is 0 Å². The lowest BCUT2D eigenvalue weighted by atomic mass is 10.0. The van der Waals surface area contributed by atoms with Gasteiger partial charge in [-0.05, 0) is 49.8 Å². The van der Waals surface area contributed by atoms with Gasteiger partial charge < -0.3 is 10.1 Å². The molecule has 2 nitrogen and oxygen atoms in total. The van der Waals surface area contributed by atoms with E-state index in [9.17, 15) is 0 Å².